The van der Waals surface area contributed by atoms with E-state index in [4.69, 9.17) is 16.3 Å². The van der Waals surface area contributed by atoms with Crippen LogP contribution in [0.15, 0.2) is 22.7 Å². The van der Waals surface area contributed by atoms with Crippen LogP contribution in [0.5, 0.6) is 10.9 Å². The van der Waals surface area contributed by atoms with Crippen molar-refractivity contribution in [3.05, 3.63) is 38.3 Å². The predicted octanol–water partition coefficient (Wildman–Crippen LogP) is 3.95. The van der Waals surface area contributed by atoms with Gasteiger partial charge >= 0.3 is 5.97 Å². The molecular weight excluding hydrogens is 370 g/mol. The lowest BCUT2D eigenvalue weighted by atomic mass is 10.2. The molecule has 1 aromatic carbocycles. The second-order valence-corrected chi connectivity index (χ2v) is 5.68. The number of rotatable bonds is 4. The molecule has 5 nitrogen and oxygen atoms in total. The highest BCUT2D eigenvalue weighted by Crippen LogP contribution is 2.35. The van der Waals surface area contributed by atoms with E-state index in [0.717, 1.165) is 17.6 Å². The Bertz CT molecular complexity index is 673. The largest absolute Gasteiger partial charge is 0.465 e. The molecule has 0 N–H and O–H groups in total. The minimum atomic E-state index is -0.572. The van der Waals surface area contributed by atoms with Gasteiger partial charge in [0.1, 0.15) is 12.0 Å². The lowest BCUT2D eigenvalue weighted by Gasteiger charge is -2.04. The number of halogens is 2. The molecule has 0 saturated carbocycles. The first-order valence-corrected chi connectivity index (χ1v) is 7.21. The fraction of sp³-hybridized carbons (Fsp3) is 0.0833. The van der Waals surface area contributed by atoms with Crippen molar-refractivity contribution in [2.75, 3.05) is 7.11 Å². The van der Waals surface area contributed by atoms with Crippen LogP contribution < -0.4 is 4.74 Å². The van der Waals surface area contributed by atoms with E-state index in [1.54, 1.807) is 18.2 Å². The Balaban J connectivity index is 2.26. The summed E-state index contributed by atoms with van der Waals surface area (Å²) in [5.74, 6) is -0.116. The second-order valence-electron chi connectivity index (χ2n) is 3.50. The summed E-state index contributed by atoms with van der Waals surface area (Å²) in [6, 6.07) is 4.82. The van der Waals surface area contributed by atoms with Crippen LogP contribution >= 0.6 is 38.9 Å². The molecule has 0 saturated heterocycles. The van der Waals surface area contributed by atoms with E-state index >= 15 is 0 Å². The Labute approximate surface area is 131 Å². The molecule has 0 aliphatic heterocycles. The van der Waals surface area contributed by atoms with Crippen LogP contribution in [0.2, 0.25) is 5.15 Å². The Morgan fingerprint density at radius 1 is 1.50 bits per heavy atom. The van der Waals surface area contributed by atoms with Gasteiger partial charge in [-0.1, -0.05) is 22.9 Å². The van der Waals surface area contributed by atoms with Gasteiger partial charge in [0.15, 0.2) is 10.0 Å². The van der Waals surface area contributed by atoms with Gasteiger partial charge < -0.3 is 9.47 Å². The van der Waals surface area contributed by atoms with E-state index in [0.29, 0.717) is 15.8 Å². The molecule has 0 unspecified atom stereocenters. The average molecular weight is 377 g/mol. The molecule has 0 aliphatic carbocycles. The molecule has 0 atom stereocenters. The summed E-state index contributed by atoms with van der Waals surface area (Å²) in [5, 5.41) is 0.229. The Kier molecular flexibility index (Phi) is 4.74. The normalized spacial score (nSPS) is 10.2. The minimum Gasteiger partial charge on any atom is -0.465 e. The summed E-state index contributed by atoms with van der Waals surface area (Å²) < 4.78 is 10.7. The van der Waals surface area contributed by atoms with Crippen molar-refractivity contribution in [3.8, 4) is 10.9 Å². The van der Waals surface area contributed by atoms with E-state index in [2.05, 4.69) is 25.7 Å². The van der Waals surface area contributed by atoms with Crippen LogP contribution in [0.1, 0.15) is 20.0 Å². The number of nitrogens with zero attached hydrogens (tertiary/aromatic N) is 1. The number of benzene rings is 1. The van der Waals surface area contributed by atoms with Crippen molar-refractivity contribution in [3.63, 3.8) is 0 Å². The minimum absolute atomic E-state index is 0.0254. The third-order valence-electron chi connectivity index (χ3n) is 2.23. The summed E-state index contributed by atoms with van der Waals surface area (Å²) >= 11 is 10.1. The topological polar surface area (TPSA) is 65.5 Å². The van der Waals surface area contributed by atoms with Gasteiger partial charge in [0.05, 0.1) is 11.6 Å². The molecule has 0 radical (unpaired) electrons. The number of thiazole rings is 1. The van der Waals surface area contributed by atoms with Gasteiger partial charge in [-0.3, -0.25) is 4.79 Å². The molecule has 0 aliphatic rings. The van der Waals surface area contributed by atoms with Gasteiger partial charge in [0.2, 0.25) is 0 Å². The highest BCUT2D eigenvalue weighted by atomic mass is 79.9. The number of esters is 1. The number of hydrogen-bond donors (Lipinski definition) is 0. The lowest BCUT2D eigenvalue weighted by molar-refractivity contribution is 0.0606. The van der Waals surface area contributed by atoms with E-state index in [-0.39, 0.29) is 15.2 Å². The smallest absolute Gasteiger partial charge is 0.351 e. The Morgan fingerprint density at radius 2 is 2.25 bits per heavy atom. The number of hydrogen-bond acceptors (Lipinski definition) is 6. The van der Waals surface area contributed by atoms with E-state index in [1.165, 1.54) is 7.11 Å². The first-order valence-electron chi connectivity index (χ1n) is 5.22. The first kappa shape index (κ1) is 15.0. The average Bonchev–Trinajstić information content (AvgIpc) is 2.81. The molecule has 0 amide bonds. The summed E-state index contributed by atoms with van der Waals surface area (Å²) in [7, 11) is 1.26. The number of aldehydes is 1. The molecule has 20 heavy (non-hydrogen) atoms. The van der Waals surface area contributed by atoms with Crippen LogP contribution in [-0.4, -0.2) is 24.3 Å². The van der Waals surface area contributed by atoms with Crippen LogP contribution in [0.3, 0.4) is 0 Å². The van der Waals surface area contributed by atoms with Gasteiger partial charge in [0.25, 0.3) is 5.19 Å². The molecule has 0 spiro atoms. The highest BCUT2D eigenvalue weighted by molar-refractivity contribution is 9.10. The van der Waals surface area contributed by atoms with E-state index in [1.807, 2.05) is 0 Å². The van der Waals surface area contributed by atoms with Crippen molar-refractivity contribution in [2.24, 2.45) is 0 Å². The molecule has 1 heterocycles. The van der Waals surface area contributed by atoms with Gasteiger partial charge in [0, 0.05) is 5.56 Å². The number of carbonyl (C=O) groups is 2. The van der Waals surface area contributed by atoms with Gasteiger partial charge in [-0.2, -0.15) is 4.98 Å². The van der Waals surface area contributed by atoms with Crippen molar-refractivity contribution in [1.82, 2.24) is 4.98 Å². The van der Waals surface area contributed by atoms with E-state index in [9.17, 15) is 9.59 Å². The first-order chi connectivity index (χ1) is 9.55. The molecule has 2 rings (SSSR count). The lowest BCUT2D eigenvalue weighted by Crippen LogP contribution is -1.98. The Hall–Kier alpha value is -1.44. The SMILES string of the molecule is COC(=O)c1sc(Oc2ccc(C=O)cc2Br)nc1Cl. The zero-order valence-electron chi connectivity index (χ0n) is 10.1. The van der Waals surface area contributed by atoms with E-state index < -0.39 is 5.97 Å². The monoisotopic (exact) mass is 375 g/mol. The van der Waals surface area contributed by atoms with Gasteiger partial charge in [-0.05, 0) is 34.1 Å². The molecule has 8 heteroatoms. The zero-order valence-corrected chi connectivity index (χ0v) is 13.2. The molecular formula is C12H7BrClNO4S. The third-order valence-corrected chi connectivity index (χ3v) is 4.14. The molecule has 0 bridgehead atoms. The van der Waals surface area contributed by atoms with Crippen molar-refractivity contribution in [2.45, 2.75) is 0 Å². The summed E-state index contributed by atoms with van der Waals surface area (Å²) in [6.45, 7) is 0. The maximum Gasteiger partial charge on any atom is 0.351 e. The predicted molar refractivity (Wildman–Crippen MR) is 78.1 cm³/mol. The fourth-order valence-corrected chi connectivity index (χ4v) is 2.85. The number of ether oxygens (including phenoxy) is 2. The maximum atomic E-state index is 11.4. The zero-order chi connectivity index (χ0) is 14.7. The van der Waals surface area contributed by atoms with Crippen LogP contribution in [0.4, 0.5) is 0 Å². The highest BCUT2D eigenvalue weighted by Gasteiger charge is 2.19. The van der Waals surface area contributed by atoms with Crippen LogP contribution in [-0.2, 0) is 4.74 Å². The summed E-state index contributed by atoms with van der Waals surface area (Å²) in [5.41, 5.74) is 0.511. The number of aromatic nitrogens is 1. The number of methoxy groups -OCH3 is 1. The van der Waals surface area contributed by atoms with Gasteiger partial charge in [-0.25, -0.2) is 4.79 Å². The molecule has 2 aromatic rings. The summed E-state index contributed by atoms with van der Waals surface area (Å²) in [6.07, 6.45) is 0.726. The second kappa shape index (κ2) is 6.34. The van der Waals surface area contributed by atoms with Crippen molar-refractivity contribution >= 4 is 51.1 Å². The third kappa shape index (κ3) is 3.17. The fourth-order valence-electron chi connectivity index (χ4n) is 1.31. The maximum absolute atomic E-state index is 11.4. The number of carbonyl (C=O) groups excluding carboxylic acids is 2. The van der Waals surface area contributed by atoms with Crippen molar-refractivity contribution in [1.29, 1.82) is 0 Å². The molecule has 1 aromatic heterocycles. The molecule has 0 fully saturated rings. The summed E-state index contributed by atoms with van der Waals surface area (Å²) in [4.78, 5) is 26.2. The quantitative estimate of drug-likeness (QED) is 0.597. The van der Waals surface area contributed by atoms with Crippen LogP contribution in [0.25, 0.3) is 0 Å². The van der Waals surface area contributed by atoms with Gasteiger partial charge in [-0.15, -0.1) is 0 Å². The van der Waals surface area contributed by atoms with Crippen LogP contribution in [0, 0.1) is 0 Å². The standard InChI is InChI=1S/C12H7BrClNO4S/c1-18-11(17)9-10(14)15-12(20-9)19-8-3-2-6(5-16)4-7(8)13/h2-5H,1H3. The Morgan fingerprint density at radius 3 is 2.85 bits per heavy atom. The van der Waals surface area contributed by atoms with Crippen molar-refractivity contribution < 1.29 is 19.1 Å². The molecule has 104 valence electrons.